The van der Waals surface area contributed by atoms with Crippen molar-refractivity contribution in [2.45, 2.75) is 365 Å². The normalized spacial score (nSPS) is 18.6. The van der Waals surface area contributed by atoms with Crippen LogP contribution in [0.25, 0.3) is 0 Å². The molecule has 1 rings (SSSR count). The van der Waals surface area contributed by atoms with Crippen LogP contribution in [0.1, 0.15) is 322 Å². The fourth-order valence-corrected chi connectivity index (χ4v) is 11.2. The summed E-state index contributed by atoms with van der Waals surface area (Å²) in [6.45, 7) is 3.67. The molecule has 0 radical (unpaired) electrons. The maximum Gasteiger partial charge on any atom is 0.220 e. The number of nitrogens with one attached hydrogen (secondary N) is 1. The lowest BCUT2D eigenvalue weighted by molar-refractivity contribution is -0.302. The molecule has 0 bridgehead atoms. The van der Waals surface area contributed by atoms with Gasteiger partial charge in [0.15, 0.2) is 6.29 Å². The number of aliphatic hydroxyl groups excluding tert-OH is 5. The second-order valence-electron chi connectivity index (χ2n) is 25.3. The van der Waals surface area contributed by atoms with E-state index in [4.69, 9.17) is 9.47 Å². The molecule has 1 fully saturated rings. The summed E-state index contributed by atoms with van der Waals surface area (Å²) in [6.07, 6.45) is 94.6. The molecule has 0 saturated carbocycles. The Balaban J connectivity index is 2.11. The highest BCUT2D eigenvalue weighted by molar-refractivity contribution is 5.76. The average molecular weight is 1240 g/mol. The quantitative estimate of drug-likeness (QED) is 0.0261. The lowest BCUT2D eigenvalue weighted by Crippen LogP contribution is -2.60. The van der Waals surface area contributed by atoms with E-state index in [-0.39, 0.29) is 12.5 Å². The first kappa shape index (κ1) is 83.6. The van der Waals surface area contributed by atoms with Crippen LogP contribution < -0.4 is 5.32 Å². The summed E-state index contributed by atoms with van der Waals surface area (Å²) in [5, 5.41) is 54.8. The van der Waals surface area contributed by atoms with Gasteiger partial charge in [-0.3, -0.25) is 4.79 Å². The van der Waals surface area contributed by atoms with Gasteiger partial charge in [-0.05, 0) is 103 Å². The third-order valence-corrected chi connectivity index (χ3v) is 17.0. The highest BCUT2D eigenvalue weighted by Gasteiger charge is 2.44. The Morgan fingerprint density at radius 1 is 0.393 bits per heavy atom. The second kappa shape index (κ2) is 67.5. The summed E-state index contributed by atoms with van der Waals surface area (Å²) >= 11 is 0. The first-order chi connectivity index (χ1) is 43.8. The van der Waals surface area contributed by atoms with Gasteiger partial charge in [-0.15, -0.1) is 0 Å². The number of rotatable bonds is 64. The predicted molar refractivity (Wildman–Crippen MR) is 382 cm³/mol. The number of allylic oxidation sites excluding steroid dienone is 19. The third-order valence-electron chi connectivity index (χ3n) is 17.0. The number of hydrogen-bond donors (Lipinski definition) is 6. The van der Waals surface area contributed by atoms with Crippen LogP contribution in [0, 0.1) is 0 Å². The standard InChI is InChI=1S/C80H139NO8/c1-3-5-7-9-11-13-15-17-19-21-23-25-27-29-30-31-32-33-34-35-36-37-38-39-40-41-42-43-44-46-48-50-52-54-56-58-60-62-64-66-68-70-76(84)81-73(72-88-80-79(87)78(86)77(85)75(71-82)89-80)74(83)69-67-65-63-61-59-57-55-53-51-49-47-45-28-26-24-22-20-18-16-14-12-10-8-6-4-2/h5,7,11,13,17,19,23,25,29-30,32-33,35-36,51,53,59,61,67,69,73-75,77-80,82-83,85-87H,3-4,6,8-10,12,14-16,18,20-22,24,26-28,31,34,37-50,52,54-58,60,62-66,68,70-72H2,1-2H3,(H,81,84)/b7-5-,13-11-,19-17-,25-23-,30-29-,33-32-,36-35-,53-51+,61-59+,69-67+. The van der Waals surface area contributed by atoms with Crippen molar-refractivity contribution in [1.29, 1.82) is 0 Å². The zero-order valence-electron chi connectivity index (χ0n) is 57.4. The van der Waals surface area contributed by atoms with E-state index in [2.05, 4.69) is 129 Å². The molecule has 9 heteroatoms. The van der Waals surface area contributed by atoms with Gasteiger partial charge >= 0.3 is 0 Å². The van der Waals surface area contributed by atoms with Crippen molar-refractivity contribution in [3.63, 3.8) is 0 Å². The molecule has 0 spiro atoms. The molecule has 0 aromatic heterocycles. The van der Waals surface area contributed by atoms with Crippen molar-refractivity contribution in [1.82, 2.24) is 5.32 Å². The molecule has 6 N–H and O–H groups in total. The Bertz CT molecular complexity index is 1830. The molecule has 0 aromatic carbocycles. The summed E-state index contributed by atoms with van der Waals surface area (Å²) in [5.74, 6) is -0.189. The van der Waals surface area contributed by atoms with Gasteiger partial charge in [0.2, 0.25) is 5.91 Å². The first-order valence-corrected chi connectivity index (χ1v) is 37.3. The highest BCUT2D eigenvalue weighted by Crippen LogP contribution is 2.23. The minimum Gasteiger partial charge on any atom is -0.394 e. The SMILES string of the molecule is CC/C=C\C/C=C\C/C=C\C/C=C\C/C=C\C/C=C\C/C=C\CCCCCCCCCCCCCCCCCCCCCC(=O)NC(COC1OC(CO)C(O)C(O)C1O)C(O)/C=C/CC/C=C/CC/C=C/CCCCCCCCCCCCCCCCC. The molecule has 7 atom stereocenters. The zero-order chi connectivity index (χ0) is 64.2. The minimum atomic E-state index is -1.58. The van der Waals surface area contributed by atoms with E-state index >= 15 is 0 Å². The van der Waals surface area contributed by atoms with Crippen LogP contribution in [0.15, 0.2) is 122 Å². The maximum atomic E-state index is 13.1. The molecule has 512 valence electrons. The maximum absolute atomic E-state index is 13.1. The van der Waals surface area contributed by atoms with Crippen LogP contribution in [0.3, 0.4) is 0 Å². The molecule has 1 aliphatic rings. The van der Waals surface area contributed by atoms with Gasteiger partial charge in [-0.25, -0.2) is 0 Å². The number of amides is 1. The highest BCUT2D eigenvalue weighted by atomic mass is 16.7. The van der Waals surface area contributed by atoms with Crippen molar-refractivity contribution in [3.05, 3.63) is 122 Å². The van der Waals surface area contributed by atoms with E-state index in [0.717, 1.165) is 89.9 Å². The Morgan fingerprint density at radius 2 is 0.708 bits per heavy atom. The van der Waals surface area contributed by atoms with Crippen molar-refractivity contribution in [2.75, 3.05) is 13.2 Å². The molecular weight excluding hydrogens is 1100 g/mol. The van der Waals surface area contributed by atoms with Gasteiger partial charge in [0, 0.05) is 6.42 Å². The van der Waals surface area contributed by atoms with Crippen LogP contribution in [0.5, 0.6) is 0 Å². The fraction of sp³-hybridized carbons (Fsp3) is 0.738. The molecule has 0 aromatic rings. The number of carbonyl (C=O) groups is 1. The Kier molecular flexibility index (Phi) is 63.4. The largest absolute Gasteiger partial charge is 0.394 e. The lowest BCUT2D eigenvalue weighted by atomic mass is 9.99. The molecule has 1 amide bonds. The first-order valence-electron chi connectivity index (χ1n) is 37.3. The predicted octanol–water partition coefficient (Wildman–Crippen LogP) is 21.0. The molecule has 1 heterocycles. The molecule has 1 aliphatic heterocycles. The van der Waals surface area contributed by atoms with Crippen LogP contribution in [0.4, 0.5) is 0 Å². The second-order valence-corrected chi connectivity index (χ2v) is 25.3. The Morgan fingerprint density at radius 3 is 1.08 bits per heavy atom. The number of unbranched alkanes of at least 4 members (excludes halogenated alkanes) is 36. The Hall–Kier alpha value is -3.41. The summed E-state index contributed by atoms with van der Waals surface area (Å²) in [6, 6.07) is -0.835. The Labute approximate surface area is 548 Å². The minimum absolute atomic E-state index is 0.189. The zero-order valence-corrected chi connectivity index (χ0v) is 57.4. The molecule has 9 nitrogen and oxygen atoms in total. The molecule has 89 heavy (non-hydrogen) atoms. The molecule has 1 saturated heterocycles. The number of ether oxygens (including phenoxy) is 2. The summed E-state index contributed by atoms with van der Waals surface area (Å²) < 4.78 is 11.3. The van der Waals surface area contributed by atoms with Crippen LogP contribution in [0.2, 0.25) is 0 Å². The van der Waals surface area contributed by atoms with Gasteiger partial charge in [0.1, 0.15) is 24.4 Å². The summed E-state index contributed by atoms with van der Waals surface area (Å²) in [4.78, 5) is 13.1. The van der Waals surface area contributed by atoms with E-state index in [1.54, 1.807) is 6.08 Å². The fourth-order valence-electron chi connectivity index (χ4n) is 11.2. The van der Waals surface area contributed by atoms with Crippen molar-refractivity contribution in [3.8, 4) is 0 Å². The average Bonchev–Trinajstić information content (AvgIpc) is 2.59. The van der Waals surface area contributed by atoms with E-state index in [1.165, 1.54) is 212 Å². The van der Waals surface area contributed by atoms with Crippen molar-refractivity contribution >= 4 is 5.91 Å². The summed E-state index contributed by atoms with van der Waals surface area (Å²) in [5.41, 5.74) is 0. The summed E-state index contributed by atoms with van der Waals surface area (Å²) in [7, 11) is 0. The van der Waals surface area contributed by atoms with Gasteiger partial charge < -0.3 is 40.3 Å². The van der Waals surface area contributed by atoms with E-state index in [0.29, 0.717) is 6.42 Å². The number of hydrogen-bond acceptors (Lipinski definition) is 8. The molecule has 0 aliphatic carbocycles. The number of carbonyl (C=O) groups excluding carboxylic acids is 1. The molecular formula is C80H139NO8. The van der Waals surface area contributed by atoms with Crippen molar-refractivity contribution < 1.29 is 39.8 Å². The van der Waals surface area contributed by atoms with Gasteiger partial charge in [-0.2, -0.15) is 0 Å². The topological polar surface area (TPSA) is 149 Å². The van der Waals surface area contributed by atoms with E-state index < -0.39 is 49.5 Å². The molecule has 7 unspecified atom stereocenters. The van der Waals surface area contributed by atoms with Crippen LogP contribution >= 0.6 is 0 Å². The van der Waals surface area contributed by atoms with Gasteiger partial charge in [-0.1, -0.05) is 334 Å². The smallest absolute Gasteiger partial charge is 0.220 e. The van der Waals surface area contributed by atoms with Crippen molar-refractivity contribution in [2.24, 2.45) is 0 Å². The van der Waals surface area contributed by atoms with E-state index in [9.17, 15) is 30.3 Å². The number of aliphatic hydroxyl groups is 5. The monoisotopic (exact) mass is 1240 g/mol. The third kappa shape index (κ3) is 55.9. The van der Waals surface area contributed by atoms with Crippen LogP contribution in [-0.4, -0.2) is 87.5 Å². The van der Waals surface area contributed by atoms with Crippen LogP contribution in [-0.2, 0) is 14.3 Å². The lowest BCUT2D eigenvalue weighted by Gasteiger charge is -2.40. The van der Waals surface area contributed by atoms with Gasteiger partial charge in [0.25, 0.3) is 0 Å². The van der Waals surface area contributed by atoms with Gasteiger partial charge in [0.05, 0.1) is 25.4 Å². The van der Waals surface area contributed by atoms with E-state index in [1.807, 2.05) is 6.08 Å².